The van der Waals surface area contributed by atoms with Crippen LogP contribution in [0.15, 0.2) is 36.5 Å². The van der Waals surface area contributed by atoms with Crippen LogP contribution < -0.4 is 5.32 Å². The third kappa shape index (κ3) is 5.44. The Labute approximate surface area is 166 Å². The number of nitrogens with zero attached hydrogens (tertiary/aromatic N) is 2. The second-order valence-corrected chi connectivity index (χ2v) is 8.38. The quantitative estimate of drug-likeness (QED) is 0.877. The molecule has 1 aliphatic heterocycles. The van der Waals surface area contributed by atoms with Crippen LogP contribution in [-0.2, 0) is 16.0 Å². The minimum Gasteiger partial charge on any atom is -0.444 e. The van der Waals surface area contributed by atoms with E-state index in [4.69, 9.17) is 4.74 Å². The molecule has 150 valence electrons. The molecule has 1 N–H and O–H groups in total. The lowest BCUT2D eigenvalue weighted by molar-refractivity contribution is -0.120. The van der Waals surface area contributed by atoms with Crippen LogP contribution in [-0.4, -0.2) is 47.1 Å². The van der Waals surface area contributed by atoms with E-state index in [2.05, 4.69) is 10.3 Å². The van der Waals surface area contributed by atoms with E-state index in [0.29, 0.717) is 32.0 Å². The third-order valence-electron chi connectivity index (χ3n) is 4.92. The van der Waals surface area contributed by atoms with Crippen molar-refractivity contribution in [3.8, 4) is 0 Å². The minimum atomic E-state index is -0.474. The van der Waals surface area contributed by atoms with Gasteiger partial charge < -0.3 is 15.0 Å². The van der Waals surface area contributed by atoms with Crippen molar-refractivity contribution in [1.82, 2.24) is 15.2 Å². The summed E-state index contributed by atoms with van der Waals surface area (Å²) in [5, 5.41) is 4.09. The Balaban J connectivity index is 1.45. The van der Waals surface area contributed by atoms with Gasteiger partial charge in [-0.25, -0.2) is 4.79 Å². The minimum absolute atomic E-state index is 0.00715. The number of aromatic nitrogens is 1. The molecule has 1 aromatic heterocycles. The van der Waals surface area contributed by atoms with Gasteiger partial charge in [-0.15, -0.1) is 0 Å². The molecule has 2 heterocycles. The Bertz CT molecular complexity index is 831. The summed E-state index contributed by atoms with van der Waals surface area (Å²) in [5.74, 6) is 0.390. The summed E-state index contributed by atoms with van der Waals surface area (Å²) in [4.78, 5) is 30.7. The molecule has 0 spiro atoms. The molecule has 0 saturated carbocycles. The van der Waals surface area contributed by atoms with Gasteiger partial charge >= 0.3 is 6.09 Å². The lowest BCUT2D eigenvalue weighted by Gasteiger charge is -2.33. The maximum absolute atomic E-state index is 12.4. The number of hydrogen-bond acceptors (Lipinski definition) is 4. The molecular formula is C22H29N3O3. The third-order valence-corrected chi connectivity index (χ3v) is 4.92. The van der Waals surface area contributed by atoms with Crippen molar-refractivity contribution in [3.63, 3.8) is 0 Å². The van der Waals surface area contributed by atoms with Crippen molar-refractivity contribution in [3.05, 3.63) is 42.1 Å². The standard InChI is InChI=1S/C22H29N3O3/c1-22(2,3)28-21(27)25-12-9-16(10-13-25)15-24-19(26)14-18-7-4-6-17-8-5-11-23-20(17)18/h4-8,11,16H,9-10,12-15H2,1-3H3,(H,24,26). The number of nitrogens with one attached hydrogen (secondary N) is 1. The summed E-state index contributed by atoms with van der Waals surface area (Å²) in [6, 6.07) is 9.81. The number of carbonyl (C=O) groups is 2. The van der Waals surface area contributed by atoms with E-state index < -0.39 is 5.60 Å². The molecule has 2 amide bonds. The molecule has 0 radical (unpaired) electrons. The van der Waals surface area contributed by atoms with Crippen molar-refractivity contribution in [2.24, 2.45) is 5.92 Å². The molecule has 1 fully saturated rings. The van der Waals surface area contributed by atoms with Crippen molar-refractivity contribution in [1.29, 1.82) is 0 Å². The van der Waals surface area contributed by atoms with Crippen LogP contribution in [0.4, 0.5) is 4.79 Å². The van der Waals surface area contributed by atoms with Crippen LogP contribution in [0.1, 0.15) is 39.2 Å². The molecule has 1 aromatic carbocycles. The molecule has 1 aliphatic rings. The highest BCUT2D eigenvalue weighted by molar-refractivity contribution is 5.87. The van der Waals surface area contributed by atoms with Gasteiger partial charge in [0.1, 0.15) is 5.60 Å². The van der Waals surface area contributed by atoms with Crippen molar-refractivity contribution >= 4 is 22.9 Å². The van der Waals surface area contributed by atoms with Gasteiger partial charge in [0, 0.05) is 31.2 Å². The van der Waals surface area contributed by atoms with E-state index in [1.807, 2.05) is 51.1 Å². The van der Waals surface area contributed by atoms with E-state index >= 15 is 0 Å². The van der Waals surface area contributed by atoms with Crippen LogP contribution in [0.25, 0.3) is 10.9 Å². The van der Waals surface area contributed by atoms with Crippen molar-refractivity contribution in [2.45, 2.75) is 45.6 Å². The second kappa shape index (κ2) is 8.59. The number of ether oxygens (including phenoxy) is 1. The van der Waals surface area contributed by atoms with E-state index in [1.165, 1.54) is 0 Å². The molecule has 2 aromatic rings. The predicted molar refractivity (Wildman–Crippen MR) is 109 cm³/mol. The smallest absolute Gasteiger partial charge is 0.410 e. The number of benzene rings is 1. The number of rotatable bonds is 4. The SMILES string of the molecule is CC(C)(C)OC(=O)N1CCC(CNC(=O)Cc2cccc3cccnc23)CC1. The lowest BCUT2D eigenvalue weighted by Crippen LogP contribution is -2.43. The van der Waals surface area contributed by atoms with Crippen LogP contribution in [0.5, 0.6) is 0 Å². The summed E-state index contributed by atoms with van der Waals surface area (Å²) in [7, 11) is 0. The molecule has 3 rings (SSSR count). The molecule has 0 atom stereocenters. The molecule has 0 aliphatic carbocycles. The maximum Gasteiger partial charge on any atom is 0.410 e. The van der Waals surface area contributed by atoms with Gasteiger partial charge in [-0.05, 0) is 51.2 Å². The van der Waals surface area contributed by atoms with Gasteiger partial charge in [-0.2, -0.15) is 0 Å². The number of pyridine rings is 1. The number of carbonyl (C=O) groups excluding carboxylic acids is 2. The first-order chi connectivity index (χ1) is 13.3. The average Bonchev–Trinajstić information content (AvgIpc) is 2.66. The van der Waals surface area contributed by atoms with E-state index in [9.17, 15) is 9.59 Å². The first-order valence-electron chi connectivity index (χ1n) is 9.89. The Morgan fingerprint density at radius 2 is 1.89 bits per heavy atom. The fourth-order valence-corrected chi connectivity index (χ4v) is 3.45. The van der Waals surface area contributed by atoms with Crippen molar-refractivity contribution < 1.29 is 14.3 Å². The Hall–Kier alpha value is -2.63. The van der Waals surface area contributed by atoms with Crippen LogP contribution >= 0.6 is 0 Å². The number of fused-ring (bicyclic) bond motifs is 1. The fraction of sp³-hybridized carbons (Fsp3) is 0.500. The summed E-state index contributed by atoms with van der Waals surface area (Å²) >= 11 is 0. The Kier molecular flexibility index (Phi) is 6.17. The van der Waals surface area contributed by atoms with E-state index in [1.54, 1.807) is 11.1 Å². The highest BCUT2D eigenvalue weighted by Gasteiger charge is 2.27. The van der Waals surface area contributed by atoms with E-state index in [0.717, 1.165) is 29.3 Å². The van der Waals surface area contributed by atoms with Gasteiger partial charge in [0.15, 0.2) is 0 Å². The number of piperidine rings is 1. The first-order valence-corrected chi connectivity index (χ1v) is 9.89. The fourth-order valence-electron chi connectivity index (χ4n) is 3.45. The predicted octanol–water partition coefficient (Wildman–Crippen LogP) is 3.54. The number of hydrogen-bond donors (Lipinski definition) is 1. The van der Waals surface area contributed by atoms with Gasteiger partial charge in [0.25, 0.3) is 0 Å². The Morgan fingerprint density at radius 3 is 2.61 bits per heavy atom. The first kappa shape index (κ1) is 20.1. The average molecular weight is 383 g/mol. The summed E-state index contributed by atoms with van der Waals surface area (Å²) in [5.41, 5.74) is 1.35. The zero-order valence-electron chi connectivity index (χ0n) is 16.9. The molecule has 0 unspecified atom stereocenters. The normalized spacial score (nSPS) is 15.5. The number of para-hydroxylation sites is 1. The molecule has 6 nitrogen and oxygen atoms in total. The number of likely N-dealkylation sites (tertiary alicyclic amines) is 1. The van der Waals surface area contributed by atoms with Crippen LogP contribution in [0.3, 0.4) is 0 Å². The van der Waals surface area contributed by atoms with Gasteiger partial charge in [-0.1, -0.05) is 24.3 Å². The summed E-state index contributed by atoms with van der Waals surface area (Å²) in [6.07, 6.45) is 3.57. The van der Waals surface area contributed by atoms with Gasteiger partial charge in [-0.3, -0.25) is 9.78 Å². The topological polar surface area (TPSA) is 71.5 Å². The van der Waals surface area contributed by atoms with Gasteiger partial charge in [0.05, 0.1) is 11.9 Å². The van der Waals surface area contributed by atoms with Crippen LogP contribution in [0, 0.1) is 5.92 Å². The molecular weight excluding hydrogens is 354 g/mol. The monoisotopic (exact) mass is 383 g/mol. The highest BCUT2D eigenvalue weighted by Crippen LogP contribution is 2.20. The maximum atomic E-state index is 12.4. The lowest BCUT2D eigenvalue weighted by atomic mass is 9.97. The highest BCUT2D eigenvalue weighted by atomic mass is 16.6. The van der Waals surface area contributed by atoms with Gasteiger partial charge in [0.2, 0.25) is 5.91 Å². The molecule has 1 saturated heterocycles. The zero-order chi connectivity index (χ0) is 20.1. The molecule has 6 heteroatoms. The van der Waals surface area contributed by atoms with Crippen LogP contribution in [0.2, 0.25) is 0 Å². The summed E-state index contributed by atoms with van der Waals surface area (Å²) < 4.78 is 5.42. The largest absolute Gasteiger partial charge is 0.444 e. The molecule has 28 heavy (non-hydrogen) atoms. The van der Waals surface area contributed by atoms with Crippen molar-refractivity contribution in [2.75, 3.05) is 19.6 Å². The Morgan fingerprint density at radius 1 is 1.18 bits per heavy atom. The number of amides is 2. The zero-order valence-corrected chi connectivity index (χ0v) is 16.9. The second-order valence-electron chi connectivity index (χ2n) is 8.38. The molecule has 0 bridgehead atoms. The van der Waals surface area contributed by atoms with E-state index in [-0.39, 0.29) is 12.0 Å². The summed E-state index contributed by atoms with van der Waals surface area (Å²) in [6.45, 7) is 7.60.